The average molecular weight is 476 g/mol. The summed E-state index contributed by atoms with van der Waals surface area (Å²) < 4.78 is 1.81. The number of aliphatic hydroxyl groups excluding tert-OH is 1. The predicted molar refractivity (Wildman–Crippen MR) is 133 cm³/mol. The van der Waals surface area contributed by atoms with Crippen molar-refractivity contribution in [3.63, 3.8) is 0 Å². The monoisotopic (exact) mass is 475 g/mol. The average Bonchev–Trinajstić information content (AvgIpc) is 2.88. The molecule has 0 radical (unpaired) electrons. The van der Waals surface area contributed by atoms with Gasteiger partial charge in [-0.15, -0.1) is 11.8 Å². The van der Waals surface area contributed by atoms with E-state index in [1.807, 2.05) is 35.1 Å². The zero-order chi connectivity index (χ0) is 23.8. The van der Waals surface area contributed by atoms with E-state index in [4.69, 9.17) is 4.98 Å². The van der Waals surface area contributed by atoms with Gasteiger partial charge in [0.15, 0.2) is 0 Å². The lowest BCUT2D eigenvalue weighted by atomic mass is 10.0. The highest BCUT2D eigenvalue weighted by Crippen LogP contribution is 2.30. The van der Waals surface area contributed by atoms with Gasteiger partial charge in [-0.1, -0.05) is 0 Å². The Morgan fingerprint density at radius 1 is 1.09 bits per heavy atom. The van der Waals surface area contributed by atoms with Crippen LogP contribution in [0.25, 0.3) is 33.2 Å². The number of hydrogen-bond acceptors (Lipinski definition) is 7. The molecule has 0 bridgehead atoms. The van der Waals surface area contributed by atoms with Crippen LogP contribution < -0.4 is 5.56 Å². The number of fused-ring (bicyclic) bond motifs is 3. The first-order valence-corrected chi connectivity index (χ1v) is 12.5. The molecule has 4 aromatic rings. The van der Waals surface area contributed by atoms with Crippen molar-refractivity contribution < 1.29 is 9.90 Å². The van der Waals surface area contributed by atoms with Crippen molar-refractivity contribution >= 4 is 39.6 Å². The van der Waals surface area contributed by atoms with Crippen LogP contribution in [0.4, 0.5) is 0 Å². The van der Waals surface area contributed by atoms with Gasteiger partial charge in [-0.3, -0.25) is 14.6 Å². The largest absolute Gasteiger partial charge is 0.384 e. The maximum atomic E-state index is 13.1. The summed E-state index contributed by atoms with van der Waals surface area (Å²) in [5.74, 6) is -0.272. The summed E-state index contributed by atoms with van der Waals surface area (Å²) in [6.45, 7) is 2.47. The second-order valence-electron chi connectivity index (χ2n) is 8.49. The van der Waals surface area contributed by atoms with Gasteiger partial charge >= 0.3 is 0 Å². The molecule has 34 heavy (non-hydrogen) atoms. The van der Waals surface area contributed by atoms with Crippen molar-refractivity contribution in [2.45, 2.75) is 36.9 Å². The van der Waals surface area contributed by atoms with Gasteiger partial charge in [-0.2, -0.15) is 0 Å². The molecule has 4 aromatic heterocycles. The number of piperidine rings is 1. The van der Waals surface area contributed by atoms with Crippen LogP contribution in [0, 0.1) is 0 Å². The summed E-state index contributed by atoms with van der Waals surface area (Å²) >= 11 is 1.58. The molecule has 1 aliphatic heterocycles. The van der Waals surface area contributed by atoms with Crippen molar-refractivity contribution in [2.75, 3.05) is 19.3 Å². The van der Waals surface area contributed by atoms with Gasteiger partial charge in [-0.25, -0.2) is 9.97 Å². The van der Waals surface area contributed by atoms with Crippen molar-refractivity contribution in [3.8, 4) is 11.3 Å². The number of carbonyl (C=O) groups excluding carboxylic acids is 1. The highest BCUT2D eigenvalue weighted by molar-refractivity contribution is 7.98. The van der Waals surface area contributed by atoms with E-state index in [9.17, 15) is 14.7 Å². The third kappa shape index (κ3) is 4.05. The number of thioether (sulfide) groups is 1. The minimum atomic E-state index is -1.02. The summed E-state index contributed by atoms with van der Waals surface area (Å²) in [4.78, 5) is 40.9. The number of carbonyl (C=O) groups is 1. The molecule has 1 atom stereocenters. The number of amides is 1. The molecule has 9 heteroatoms. The summed E-state index contributed by atoms with van der Waals surface area (Å²) in [6.07, 6.45) is 5.80. The topological polar surface area (TPSA) is 101 Å². The quantitative estimate of drug-likeness (QED) is 0.357. The van der Waals surface area contributed by atoms with Crippen molar-refractivity contribution in [1.29, 1.82) is 0 Å². The highest BCUT2D eigenvalue weighted by atomic mass is 32.2. The smallest absolute Gasteiger partial charge is 0.251 e. The molecule has 0 spiro atoms. The lowest BCUT2D eigenvalue weighted by Gasteiger charge is -2.34. The molecule has 1 aliphatic rings. The van der Waals surface area contributed by atoms with E-state index in [2.05, 4.69) is 9.97 Å². The predicted octanol–water partition coefficient (Wildman–Crippen LogP) is 3.27. The first-order valence-electron chi connectivity index (χ1n) is 11.2. The number of aromatic nitrogens is 4. The van der Waals surface area contributed by atoms with Crippen molar-refractivity contribution in [2.24, 2.45) is 0 Å². The van der Waals surface area contributed by atoms with Crippen LogP contribution in [0.2, 0.25) is 0 Å². The Bertz CT molecular complexity index is 1430. The van der Waals surface area contributed by atoms with Crippen molar-refractivity contribution in [1.82, 2.24) is 24.4 Å². The Labute approximate surface area is 200 Å². The Balaban J connectivity index is 1.60. The summed E-state index contributed by atoms with van der Waals surface area (Å²) in [6, 6.07) is 11.1. The van der Waals surface area contributed by atoms with Crippen LogP contribution in [0.15, 0.2) is 58.6 Å². The number of rotatable bonds is 4. The molecule has 1 amide bonds. The van der Waals surface area contributed by atoms with E-state index in [-0.39, 0.29) is 17.5 Å². The summed E-state index contributed by atoms with van der Waals surface area (Å²) in [5.41, 5.74) is 3.70. The van der Waals surface area contributed by atoms with E-state index in [1.54, 1.807) is 41.2 Å². The molecular weight excluding hydrogens is 450 g/mol. The molecule has 5 rings (SSSR count). The first-order chi connectivity index (χ1) is 16.5. The Hall–Kier alpha value is -3.30. The van der Waals surface area contributed by atoms with Crippen LogP contribution in [0.3, 0.4) is 0 Å². The Morgan fingerprint density at radius 3 is 2.56 bits per heavy atom. The molecule has 1 saturated heterocycles. The van der Waals surface area contributed by atoms with Crippen LogP contribution in [0.1, 0.15) is 25.8 Å². The van der Waals surface area contributed by atoms with E-state index < -0.39 is 6.10 Å². The lowest BCUT2D eigenvalue weighted by Crippen LogP contribution is -2.44. The van der Waals surface area contributed by atoms with Gasteiger partial charge in [0.05, 0.1) is 21.8 Å². The molecule has 1 N–H and O–H groups in total. The highest BCUT2D eigenvalue weighted by Gasteiger charge is 2.27. The Morgan fingerprint density at radius 2 is 1.88 bits per heavy atom. The number of likely N-dealkylation sites (tertiary alicyclic amines) is 1. The number of pyridine rings is 4. The zero-order valence-corrected chi connectivity index (χ0v) is 19.8. The molecule has 5 heterocycles. The van der Waals surface area contributed by atoms with E-state index >= 15 is 0 Å². The van der Waals surface area contributed by atoms with Gasteiger partial charge < -0.3 is 14.6 Å². The number of aliphatic hydroxyl groups is 1. The fourth-order valence-corrected chi connectivity index (χ4v) is 4.94. The second-order valence-corrected chi connectivity index (χ2v) is 9.32. The Kier molecular flexibility index (Phi) is 6.05. The normalized spacial score (nSPS) is 15.7. The number of hydrogen-bond donors (Lipinski definition) is 1. The maximum absolute atomic E-state index is 13.1. The molecular formula is C25H25N5O3S. The minimum Gasteiger partial charge on any atom is -0.384 e. The van der Waals surface area contributed by atoms with Gasteiger partial charge in [0, 0.05) is 48.5 Å². The van der Waals surface area contributed by atoms with Crippen LogP contribution in [0.5, 0.6) is 0 Å². The van der Waals surface area contributed by atoms with Gasteiger partial charge in [-0.05, 0) is 56.4 Å². The van der Waals surface area contributed by atoms with Crippen LogP contribution in [-0.2, 0) is 4.79 Å². The third-order valence-electron chi connectivity index (χ3n) is 6.34. The fraction of sp³-hybridized carbons (Fsp3) is 0.320. The molecule has 0 aromatic carbocycles. The second kappa shape index (κ2) is 9.15. The van der Waals surface area contributed by atoms with E-state index in [1.165, 1.54) is 6.92 Å². The van der Waals surface area contributed by atoms with Crippen LogP contribution in [-0.4, -0.2) is 60.9 Å². The first kappa shape index (κ1) is 22.5. The van der Waals surface area contributed by atoms with Gasteiger partial charge in [0.2, 0.25) is 0 Å². The molecule has 174 valence electrons. The third-order valence-corrected chi connectivity index (χ3v) is 7.00. The molecule has 0 saturated carbocycles. The molecule has 1 unspecified atom stereocenters. The minimum absolute atomic E-state index is 0.0761. The molecule has 0 aliphatic carbocycles. The van der Waals surface area contributed by atoms with E-state index in [0.717, 1.165) is 27.2 Å². The van der Waals surface area contributed by atoms with E-state index in [0.29, 0.717) is 37.0 Å². The van der Waals surface area contributed by atoms with Crippen molar-refractivity contribution in [3.05, 3.63) is 59.1 Å². The summed E-state index contributed by atoms with van der Waals surface area (Å²) in [5, 5.41) is 11.4. The SMILES string of the molecule is CSc1ccc(-c2ccc3ncc4ccc(=O)n(C5CCN(C(=O)C(C)O)CC5)c4c3n2)cn1. The standard InChI is InChI=1S/C25H25N5O3S/c1-15(31)25(33)29-11-9-18(10-12-29)30-22(32)8-4-17-14-26-20-6-5-19(28-23(20)24(17)30)16-3-7-21(34-2)27-13-16/h3-8,13-15,18,31H,9-12H2,1-2H3. The summed E-state index contributed by atoms with van der Waals surface area (Å²) in [7, 11) is 0. The molecule has 8 nitrogen and oxygen atoms in total. The maximum Gasteiger partial charge on any atom is 0.251 e. The van der Waals surface area contributed by atoms with Gasteiger partial charge in [0.1, 0.15) is 11.6 Å². The van der Waals surface area contributed by atoms with Gasteiger partial charge in [0.25, 0.3) is 11.5 Å². The number of nitrogens with zero attached hydrogens (tertiary/aromatic N) is 5. The molecule has 1 fully saturated rings. The zero-order valence-electron chi connectivity index (χ0n) is 19.0. The fourth-order valence-electron chi connectivity index (χ4n) is 4.58. The van der Waals surface area contributed by atoms with Crippen LogP contribution >= 0.6 is 11.8 Å². The lowest BCUT2D eigenvalue weighted by molar-refractivity contribution is -0.140.